The highest BCUT2D eigenvalue weighted by Crippen LogP contribution is 2.31. The zero-order valence-electron chi connectivity index (χ0n) is 11.8. The summed E-state index contributed by atoms with van der Waals surface area (Å²) in [5.41, 5.74) is -0.428. The molecule has 122 valence electrons. The predicted octanol–water partition coefficient (Wildman–Crippen LogP) is 1.17. The summed E-state index contributed by atoms with van der Waals surface area (Å²) in [7, 11) is -4.00. The second kappa shape index (κ2) is 6.59. The van der Waals surface area contributed by atoms with Crippen molar-refractivity contribution in [2.75, 3.05) is 6.61 Å². The van der Waals surface area contributed by atoms with E-state index in [1.54, 1.807) is 0 Å². The summed E-state index contributed by atoms with van der Waals surface area (Å²) in [6.45, 7) is 0.294. The first-order valence-electron chi connectivity index (χ1n) is 6.89. The first-order valence-corrected chi connectivity index (χ1v) is 8.44. The van der Waals surface area contributed by atoms with E-state index in [4.69, 9.17) is 9.88 Å². The first kappa shape index (κ1) is 16.7. The monoisotopic (exact) mass is 330 g/mol. The highest BCUT2D eigenvalue weighted by atomic mass is 32.2. The third kappa shape index (κ3) is 4.15. The van der Waals surface area contributed by atoms with Crippen molar-refractivity contribution >= 4 is 15.7 Å². The Bertz CT molecular complexity index is 652. The molecule has 1 aliphatic rings. The van der Waals surface area contributed by atoms with E-state index < -0.39 is 20.6 Å². The molecule has 0 atom stereocenters. The Morgan fingerprint density at radius 1 is 1.32 bits per heavy atom. The smallest absolute Gasteiger partial charge is 0.312 e. The molecule has 0 aliphatic heterocycles. The second-order valence-corrected chi connectivity index (χ2v) is 6.98. The number of ether oxygens (including phenoxy) is 1. The van der Waals surface area contributed by atoms with Crippen LogP contribution in [0.1, 0.15) is 25.7 Å². The molecule has 1 fully saturated rings. The summed E-state index contributed by atoms with van der Waals surface area (Å²) in [4.78, 5) is 10.0. The maximum Gasteiger partial charge on any atom is 0.312 e. The van der Waals surface area contributed by atoms with Crippen molar-refractivity contribution in [3.63, 3.8) is 0 Å². The molecule has 0 unspecified atom stereocenters. The standard InChI is InChI=1S/C13H18N2O6S/c14-22(19,20)11-5-6-13(12(7-11)15(17)18)21-8-9-1-3-10(16)4-2-9/h5-7,9-10,16H,1-4,8H2,(H2,14,19,20). The molecule has 0 amide bonds. The van der Waals surface area contributed by atoms with Crippen molar-refractivity contribution in [2.24, 2.45) is 11.1 Å². The molecule has 2 rings (SSSR count). The summed E-state index contributed by atoms with van der Waals surface area (Å²) in [5.74, 6) is 0.240. The van der Waals surface area contributed by atoms with E-state index >= 15 is 0 Å². The van der Waals surface area contributed by atoms with Gasteiger partial charge in [0.05, 0.1) is 22.5 Å². The number of hydrogen-bond acceptors (Lipinski definition) is 6. The van der Waals surface area contributed by atoms with Gasteiger partial charge in [-0.2, -0.15) is 0 Å². The first-order chi connectivity index (χ1) is 10.3. The topological polar surface area (TPSA) is 133 Å². The van der Waals surface area contributed by atoms with E-state index in [1.807, 2.05) is 0 Å². The Morgan fingerprint density at radius 2 is 1.95 bits per heavy atom. The molecular weight excluding hydrogens is 312 g/mol. The molecule has 1 aliphatic carbocycles. The van der Waals surface area contributed by atoms with E-state index in [0.717, 1.165) is 18.9 Å². The molecule has 0 saturated heterocycles. The number of hydrogen-bond donors (Lipinski definition) is 2. The van der Waals surface area contributed by atoms with Crippen LogP contribution in [0, 0.1) is 16.0 Å². The number of sulfonamides is 1. The molecule has 1 saturated carbocycles. The van der Waals surface area contributed by atoms with Gasteiger partial charge in [0.2, 0.25) is 10.0 Å². The molecule has 1 aromatic carbocycles. The number of benzene rings is 1. The Labute approximate surface area is 128 Å². The van der Waals surface area contributed by atoms with Gasteiger partial charge in [0.15, 0.2) is 5.75 Å². The Morgan fingerprint density at radius 3 is 2.50 bits per heavy atom. The fraction of sp³-hybridized carbons (Fsp3) is 0.538. The van der Waals surface area contributed by atoms with E-state index in [9.17, 15) is 23.6 Å². The van der Waals surface area contributed by atoms with Gasteiger partial charge < -0.3 is 9.84 Å². The molecule has 0 bridgehead atoms. The number of aliphatic hydroxyl groups excluding tert-OH is 1. The third-order valence-electron chi connectivity index (χ3n) is 3.75. The van der Waals surface area contributed by atoms with Gasteiger partial charge in [0.25, 0.3) is 0 Å². The Hall–Kier alpha value is -1.71. The van der Waals surface area contributed by atoms with E-state index in [2.05, 4.69) is 0 Å². The zero-order chi connectivity index (χ0) is 16.3. The van der Waals surface area contributed by atoms with Gasteiger partial charge in [0, 0.05) is 6.07 Å². The van der Waals surface area contributed by atoms with Crippen LogP contribution in [-0.4, -0.2) is 31.2 Å². The second-order valence-electron chi connectivity index (χ2n) is 5.42. The minimum Gasteiger partial charge on any atom is -0.487 e. The normalized spacial score (nSPS) is 22.3. The van der Waals surface area contributed by atoms with Crippen LogP contribution in [0.4, 0.5) is 5.69 Å². The number of nitro groups is 1. The van der Waals surface area contributed by atoms with Crippen molar-refractivity contribution in [1.82, 2.24) is 0 Å². The lowest BCUT2D eigenvalue weighted by atomic mass is 9.88. The van der Waals surface area contributed by atoms with Crippen LogP contribution in [0.2, 0.25) is 0 Å². The number of nitrogens with zero attached hydrogens (tertiary/aromatic N) is 1. The lowest BCUT2D eigenvalue weighted by Crippen LogP contribution is -2.22. The predicted molar refractivity (Wildman–Crippen MR) is 77.9 cm³/mol. The summed E-state index contributed by atoms with van der Waals surface area (Å²) >= 11 is 0. The minimum absolute atomic E-state index is 0.0171. The van der Waals surface area contributed by atoms with Crippen molar-refractivity contribution in [3.8, 4) is 5.75 Å². The van der Waals surface area contributed by atoms with E-state index in [0.29, 0.717) is 19.4 Å². The molecule has 22 heavy (non-hydrogen) atoms. The number of nitrogens with two attached hydrogens (primary N) is 1. The van der Waals surface area contributed by atoms with Crippen LogP contribution in [0.15, 0.2) is 23.1 Å². The van der Waals surface area contributed by atoms with Crippen molar-refractivity contribution in [1.29, 1.82) is 0 Å². The molecule has 8 nitrogen and oxygen atoms in total. The molecule has 0 radical (unpaired) electrons. The van der Waals surface area contributed by atoms with Gasteiger partial charge in [-0.25, -0.2) is 13.6 Å². The van der Waals surface area contributed by atoms with Crippen molar-refractivity contribution in [3.05, 3.63) is 28.3 Å². The Balaban J connectivity index is 2.12. The van der Waals surface area contributed by atoms with Gasteiger partial charge in [-0.05, 0) is 43.7 Å². The van der Waals surface area contributed by atoms with Gasteiger partial charge in [-0.15, -0.1) is 0 Å². The highest BCUT2D eigenvalue weighted by Gasteiger charge is 2.23. The number of nitro benzene ring substituents is 1. The SMILES string of the molecule is NS(=O)(=O)c1ccc(OCC2CCC(O)CC2)c([N+](=O)[O-])c1. The quantitative estimate of drug-likeness (QED) is 0.615. The fourth-order valence-corrected chi connectivity index (χ4v) is 2.99. The lowest BCUT2D eigenvalue weighted by molar-refractivity contribution is -0.386. The molecular formula is C13H18N2O6S. The van der Waals surface area contributed by atoms with Gasteiger partial charge >= 0.3 is 5.69 Å². The molecule has 0 aromatic heterocycles. The van der Waals surface area contributed by atoms with Crippen LogP contribution in [0.3, 0.4) is 0 Å². The summed E-state index contributed by atoms with van der Waals surface area (Å²) in [6.07, 6.45) is 2.70. The third-order valence-corrected chi connectivity index (χ3v) is 4.66. The van der Waals surface area contributed by atoms with Crippen LogP contribution in [-0.2, 0) is 10.0 Å². The average molecular weight is 330 g/mol. The number of rotatable bonds is 5. The highest BCUT2D eigenvalue weighted by molar-refractivity contribution is 7.89. The van der Waals surface area contributed by atoms with Gasteiger partial charge in [0.1, 0.15) is 0 Å². The van der Waals surface area contributed by atoms with Crippen LogP contribution < -0.4 is 9.88 Å². The fourth-order valence-electron chi connectivity index (χ4n) is 2.46. The van der Waals surface area contributed by atoms with Crippen LogP contribution in [0.5, 0.6) is 5.75 Å². The van der Waals surface area contributed by atoms with Crippen molar-refractivity contribution < 1.29 is 23.2 Å². The van der Waals surface area contributed by atoms with Gasteiger partial charge in [-0.3, -0.25) is 10.1 Å². The molecule has 3 N–H and O–H groups in total. The maximum atomic E-state index is 11.2. The van der Waals surface area contributed by atoms with Crippen LogP contribution in [0.25, 0.3) is 0 Å². The average Bonchev–Trinajstić information content (AvgIpc) is 2.45. The molecule has 0 spiro atoms. The van der Waals surface area contributed by atoms with Gasteiger partial charge in [-0.1, -0.05) is 0 Å². The largest absolute Gasteiger partial charge is 0.487 e. The molecule has 9 heteroatoms. The summed E-state index contributed by atoms with van der Waals surface area (Å²) in [5, 5.41) is 25.5. The number of aliphatic hydroxyl groups is 1. The molecule has 0 heterocycles. The van der Waals surface area contributed by atoms with E-state index in [1.165, 1.54) is 12.1 Å². The van der Waals surface area contributed by atoms with Crippen LogP contribution >= 0.6 is 0 Å². The summed E-state index contributed by atoms with van der Waals surface area (Å²) in [6, 6.07) is 3.33. The molecule has 1 aromatic rings. The van der Waals surface area contributed by atoms with E-state index in [-0.39, 0.29) is 22.7 Å². The lowest BCUT2D eigenvalue weighted by Gasteiger charge is -2.25. The maximum absolute atomic E-state index is 11.2. The Kier molecular flexibility index (Phi) is 4.99. The number of primary sulfonamides is 1. The van der Waals surface area contributed by atoms with Crippen molar-refractivity contribution in [2.45, 2.75) is 36.7 Å². The minimum atomic E-state index is -4.00. The zero-order valence-corrected chi connectivity index (χ0v) is 12.7. The summed E-state index contributed by atoms with van der Waals surface area (Å²) < 4.78 is 28.0.